The van der Waals surface area contributed by atoms with E-state index in [-0.39, 0.29) is 5.13 Å². The molecule has 2 heteroatoms. The van der Waals surface area contributed by atoms with Crippen molar-refractivity contribution >= 4 is 11.3 Å². The average molecular weight is 144 g/mol. The van der Waals surface area contributed by atoms with E-state index in [2.05, 4.69) is 6.92 Å². The van der Waals surface area contributed by atoms with Gasteiger partial charge in [0.25, 0.3) is 0 Å². The fraction of sp³-hybridized carbons (Fsp3) is 0.429. The van der Waals surface area contributed by atoms with Crippen LogP contribution < -0.4 is 0 Å². The van der Waals surface area contributed by atoms with Crippen LogP contribution in [0.1, 0.15) is 18.2 Å². The van der Waals surface area contributed by atoms with Gasteiger partial charge in [0.1, 0.15) is 0 Å². The molecule has 0 spiro atoms. The van der Waals surface area contributed by atoms with E-state index >= 15 is 0 Å². The minimum Gasteiger partial charge on any atom is -0.195 e. The highest BCUT2D eigenvalue weighted by Crippen LogP contribution is 2.15. The fourth-order valence-electron chi connectivity index (χ4n) is 0.733. The second-order valence-corrected chi connectivity index (χ2v) is 3.07. The zero-order chi connectivity index (χ0) is 6.69. The Labute approximate surface area is 58.3 Å². The molecule has 50 valence electrons. The number of hydrogen-bond acceptors (Lipinski definition) is 1. The van der Waals surface area contributed by atoms with E-state index in [9.17, 15) is 4.39 Å². The SMILES string of the molecule is CCCc1ccc(F)s1. The monoisotopic (exact) mass is 144 g/mol. The molecule has 0 amide bonds. The first-order valence-corrected chi connectivity index (χ1v) is 3.89. The van der Waals surface area contributed by atoms with Gasteiger partial charge in [0.2, 0.25) is 0 Å². The molecule has 0 bridgehead atoms. The molecule has 1 aromatic rings. The van der Waals surface area contributed by atoms with E-state index in [0.29, 0.717) is 0 Å². The van der Waals surface area contributed by atoms with Crippen molar-refractivity contribution in [1.82, 2.24) is 0 Å². The highest BCUT2D eigenvalue weighted by molar-refractivity contribution is 7.10. The van der Waals surface area contributed by atoms with Gasteiger partial charge >= 0.3 is 0 Å². The van der Waals surface area contributed by atoms with Crippen molar-refractivity contribution in [3.8, 4) is 0 Å². The normalized spacial score (nSPS) is 10.0. The van der Waals surface area contributed by atoms with Crippen molar-refractivity contribution in [1.29, 1.82) is 0 Å². The van der Waals surface area contributed by atoms with Crippen molar-refractivity contribution in [2.75, 3.05) is 0 Å². The smallest absolute Gasteiger partial charge is 0.176 e. The second kappa shape index (κ2) is 2.97. The highest BCUT2D eigenvalue weighted by Gasteiger charge is 1.95. The molecule has 0 atom stereocenters. The van der Waals surface area contributed by atoms with Crippen LogP contribution in [0.3, 0.4) is 0 Å². The fourth-order valence-corrected chi connectivity index (χ4v) is 1.56. The van der Waals surface area contributed by atoms with Gasteiger partial charge in [0, 0.05) is 4.88 Å². The Bertz CT molecular complexity index is 181. The highest BCUT2D eigenvalue weighted by atomic mass is 32.1. The lowest BCUT2D eigenvalue weighted by molar-refractivity contribution is 0.657. The average Bonchev–Trinajstić information content (AvgIpc) is 2.17. The molecular weight excluding hydrogens is 135 g/mol. The zero-order valence-electron chi connectivity index (χ0n) is 5.36. The van der Waals surface area contributed by atoms with Gasteiger partial charge in [-0.2, -0.15) is 4.39 Å². The van der Waals surface area contributed by atoms with Crippen LogP contribution in [0.5, 0.6) is 0 Å². The summed E-state index contributed by atoms with van der Waals surface area (Å²) < 4.78 is 12.3. The van der Waals surface area contributed by atoms with Crippen LogP contribution in [0.25, 0.3) is 0 Å². The summed E-state index contributed by atoms with van der Waals surface area (Å²) in [6.07, 6.45) is 2.11. The van der Waals surface area contributed by atoms with Crippen LogP contribution in [-0.4, -0.2) is 0 Å². The lowest BCUT2D eigenvalue weighted by Crippen LogP contribution is -1.71. The summed E-state index contributed by atoms with van der Waals surface area (Å²) >= 11 is 1.25. The molecule has 1 rings (SSSR count). The van der Waals surface area contributed by atoms with E-state index in [0.717, 1.165) is 17.7 Å². The molecule has 0 saturated carbocycles. The van der Waals surface area contributed by atoms with Crippen molar-refractivity contribution in [3.63, 3.8) is 0 Å². The van der Waals surface area contributed by atoms with Crippen LogP contribution in [0.2, 0.25) is 0 Å². The molecule has 9 heavy (non-hydrogen) atoms. The molecule has 0 radical (unpaired) electrons. The third kappa shape index (κ3) is 1.79. The number of rotatable bonds is 2. The van der Waals surface area contributed by atoms with Crippen molar-refractivity contribution in [2.24, 2.45) is 0 Å². The topological polar surface area (TPSA) is 0 Å². The van der Waals surface area contributed by atoms with Crippen LogP contribution in [-0.2, 0) is 6.42 Å². The maximum absolute atomic E-state index is 12.3. The summed E-state index contributed by atoms with van der Waals surface area (Å²) in [5.41, 5.74) is 0. The molecule has 0 unspecified atom stereocenters. The van der Waals surface area contributed by atoms with Gasteiger partial charge in [-0.05, 0) is 18.6 Å². The number of hydrogen-bond donors (Lipinski definition) is 0. The maximum atomic E-state index is 12.3. The largest absolute Gasteiger partial charge is 0.195 e. The predicted molar refractivity (Wildman–Crippen MR) is 38.3 cm³/mol. The summed E-state index contributed by atoms with van der Waals surface area (Å²) in [7, 11) is 0. The second-order valence-electron chi connectivity index (χ2n) is 1.96. The molecule has 1 aromatic heterocycles. The van der Waals surface area contributed by atoms with Gasteiger partial charge in [-0.1, -0.05) is 13.3 Å². The first-order valence-electron chi connectivity index (χ1n) is 3.07. The van der Waals surface area contributed by atoms with E-state index < -0.39 is 0 Å². The van der Waals surface area contributed by atoms with Crippen LogP contribution in [0.4, 0.5) is 4.39 Å². The molecule has 0 aliphatic carbocycles. The number of thiophene rings is 1. The van der Waals surface area contributed by atoms with Gasteiger partial charge in [0.05, 0.1) is 0 Å². The summed E-state index contributed by atoms with van der Waals surface area (Å²) in [5.74, 6) is 0. The Morgan fingerprint density at radius 2 is 2.33 bits per heavy atom. The molecule has 0 saturated heterocycles. The van der Waals surface area contributed by atoms with Crippen molar-refractivity contribution in [3.05, 3.63) is 22.1 Å². The van der Waals surface area contributed by atoms with Gasteiger partial charge in [0.15, 0.2) is 5.13 Å². The summed E-state index contributed by atoms with van der Waals surface area (Å²) in [6, 6.07) is 3.37. The summed E-state index contributed by atoms with van der Waals surface area (Å²) in [4.78, 5) is 1.15. The van der Waals surface area contributed by atoms with E-state index in [1.807, 2.05) is 6.07 Å². The first kappa shape index (κ1) is 6.75. The predicted octanol–water partition coefficient (Wildman–Crippen LogP) is 2.84. The Morgan fingerprint density at radius 3 is 2.78 bits per heavy atom. The number of aryl methyl sites for hydroxylation is 1. The Kier molecular flexibility index (Phi) is 2.22. The van der Waals surface area contributed by atoms with Gasteiger partial charge in [-0.3, -0.25) is 0 Å². The Hall–Kier alpha value is -0.370. The minimum absolute atomic E-state index is 0.0709. The van der Waals surface area contributed by atoms with E-state index in [4.69, 9.17) is 0 Å². The van der Waals surface area contributed by atoms with Crippen LogP contribution >= 0.6 is 11.3 Å². The zero-order valence-corrected chi connectivity index (χ0v) is 6.17. The third-order valence-corrected chi connectivity index (χ3v) is 2.06. The van der Waals surface area contributed by atoms with Crippen molar-refractivity contribution < 1.29 is 4.39 Å². The molecule has 0 fully saturated rings. The quantitative estimate of drug-likeness (QED) is 0.598. The molecule has 0 aromatic carbocycles. The van der Waals surface area contributed by atoms with E-state index in [1.54, 1.807) is 0 Å². The third-order valence-electron chi connectivity index (χ3n) is 1.13. The van der Waals surface area contributed by atoms with Crippen LogP contribution in [0, 0.1) is 5.13 Å². The molecule has 0 aliphatic rings. The first-order chi connectivity index (χ1) is 4.33. The molecular formula is C7H9FS. The molecule has 0 N–H and O–H groups in total. The lowest BCUT2D eigenvalue weighted by Gasteiger charge is -1.85. The lowest BCUT2D eigenvalue weighted by atomic mass is 10.3. The van der Waals surface area contributed by atoms with Gasteiger partial charge < -0.3 is 0 Å². The molecule has 0 aliphatic heterocycles. The van der Waals surface area contributed by atoms with Gasteiger partial charge in [-0.15, -0.1) is 11.3 Å². The minimum atomic E-state index is -0.0709. The van der Waals surface area contributed by atoms with Crippen molar-refractivity contribution in [2.45, 2.75) is 19.8 Å². The van der Waals surface area contributed by atoms with E-state index in [1.165, 1.54) is 17.4 Å². The summed E-state index contributed by atoms with van der Waals surface area (Å²) in [6.45, 7) is 2.09. The Balaban J connectivity index is 2.61. The number of halogens is 1. The molecule has 1 heterocycles. The summed E-state index contributed by atoms with van der Waals surface area (Å²) in [5, 5.41) is -0.0709. The molecule has 0 nitrogen and oxygen atoms in total. The van der Waals surface area contributed by atoms with Gasteiger partial charge in [-0.25, -0.2) is 0 Å². The maximum Gasteiger partial charge on any atom is 0.176 e. The Morgan fingerprint density at radius 1 is 1.56 bits per heavy atom. The standard InChI is InChI=1S/C7H9FS/c1-2-3-6-4-5-7(8)9-6/h4-5H,2-3H2,1H3. The van der Waals surface area contributed by atoms with Crippen LogP contribution in [0.15, 0.2) is 12.1 Å².